The van der Waals surface area contributed by atoms with Gasteiger partial charge in [-0.2, -0.15) is 0 Å². The van der Waals surface area contributed by atoms with Gasteiger partial charge in [0.25, 0.3) is 11.7 Å². The predicted molar refractivity (Wildman–Crippen MR) is 119 cm³/mol. The Morgan fingerprint density at radius 1 is 1.25 bits per heavy atom. The van der Waals surface area contributed by atoms with E-state index in [2.05, 4.69) is 0 Å². The molecule has 1 aromatic carbocycles. The highest BCUT2D eigenvalue weighted by Crippen LogP contribution is 2.41. The van der Waals surface area contributed by atoms with Gasteiger partial charge in [0.05, 0.1) is 22.9 Å². The molecule has 2 aromatic rings. The van der Waals surface area contributed by atoms with Crippen LogP contribution in [0, 0.1) is 19.7 Å². The summed E-state index contributed by atoms with van der Waals surface area (Å²) in [6, 6.07) is 4.22. The molecule has 1 aliphatic carbocycles. The number of nitrogens with two attached hydrogens (primary N) is 1. The van der Waals surface area contributed by atoms with Crippen molar-refractivity contribution >= 4 is 23.3 Å². The Morgan fingerprint density at radius 3 is 2.28 bits per heavy atom. The molecule has 1 aliphatic rings. The number of Topliss-reactive ketones (excluding diaryl/α,β-unsaturated/α-hetero) is 1. The van der Waals surface area contributed by atoms with Crippen molar-refractivity contribution in [3.8, 4) is 0 Å². The van der Waals surface area contributed by atoms with E-state index in [9.17, 15) is 23.9 Å². The van der Waals surface area contributed by atoms with Crippen LogP contribution >= 0.6 is 0 Å². The van der Waals surface area contributed by atoms with Gasteiger partial charge in [-0.15, -0.1) is 0 Å². The number of anilines is 1. The monoisotopic (exact) mass is 443 g/mol. The van der Waals surface area contributed by atoms with Crippen molar-refractivity contribution in [2.45, 2.75) is 65.0 Å². The average molecular weight is 444 g/mol. The molecule has 32 heavy (non-hydrogen) atoms. The molecule has 3 N–H and O–H groups in total. The van der Waals surface area contributed by atoms with Crippen LogP contribution in [0.2, 0.25) is 0 Å². The van der Waals surface area contributed by atoms with Crippen LogP contribution in [0.1, 0.15) is 77.2 Å². The fourth-order valence-electron chi connectivity index (χ4n) is 4.94. The lowest BCUT2D eigenvalue weighted by Gasteiger charge is -2.50. The molecule has 8 heteroatoms. The van der Waals surface area contributed by atoms with Crippen molar-refractivity contribution in [2.75, 3.05) is 4.90 Å². The average Bonchev–Trinajstić information content (AvgIpc) is 2.93. The molecular weight excluding hydrogens is 413 g/mol. The van der Waals surface area contributed by atoms with E-state index in [0.717, 1.165) is 0 Å². The number of halogens is 1. The van der Waals surface area contributed by atoms with E-state index in [-0.39, 0.29) is 17.2 Å². The molecule has 172 valence electrons. The van der Waals surface area contributed by atoms with Gasteiger partial charge in [0.15, 0.2) is 0 Å². The van der Waals surface area contributed by atoms with Crippen LogP contribution in [0.4, 0.5) is 10.1 Å². The van der Waals surface area contributed by atoms with Crippen LogP contribution in [0.15, 0.2) is 18.2 Å². The second kappa shape index (κ2) is 8.16. The Balaban J connectivity index is 2.14. The summed E-state index contributed by atoms with van der Waals surface area (Å²) >= 11 is 0. The number of benzene rings is 1. The highest BCUT2D eigenvalue weighted by Gasteiger charge is 2.49. The maximum Gasteiger partial charge on any atom is 0.301 e. The fourth-order valence-corrected chi connectivity index (χ4v) is 4.94. The summed E-state index contributed by atoms with van der Waals surface area (Å²) in [5, 5.41) is 9.93. The zero-order chi connectivity index (χ0) is 24.1. The van der Waals surface area contributed by atoms with Crippen LogP contribution in [0.3, 0.4) is 0 Å². The number of primary amides is 1. The first kappa shape index (κ1) is 23.7. The Bertz CT molecular complexity index is 1110. The Kier molecular flexibility index (Phi) is 6.04. The second-order valence-electron chi connectivity index (χ2n) is 9.27. The van der Waals surface area contributed by atoms with Gasteiger partial charge in [0.2, 0.25) is 0 Å². The Labute approximate surface area is 187 Å². The predicted octanol–water partition coefficient (Wildman–Crippen LogP) is 3.13. The van der Waals surface area contributed by atoms with E-state index in [1.165, 1.54) is 23.1 Å². The number of hydrogen-bond donors (Lipinski definition) is 2. The first-order valence-electron chi connectivity index (χ1n) is 10.6. The van der Waals surface area contributed by atoms with E-state index in [0.29, 0.717) is 35.3 Å². The number of nitrogens with zero attached hydrogens (tertiary/aromatic N) is 2. The van der Waals surface area contributed by atoms with Gasteiger partial charge in [-0.3, -0.25) is 19.3 Å². The number of rotatable bonds is 6. The number of aryl methyl sites for hydroxylation is 1. The van der Waals surface area contributed by atoms with E-state index < -0.39 is 35.1 Å². The molecule has 1 heterocycles. The highest BCUT2D eigenvalue weighted by atomic mass is 19.1. The van der Waals surface area contributed by atoms with E-state index in [1.807, 2.05) is 13.8 Å². The second-order valence-corrected chi connectivity index (χ2v) is 9.27. The molecule has 2 amide bonds. The molecule has 1 saturated carbocycles. The fraction of sp³-hybridized carbons (Fsp3) is 0.458. The number of hydrogen-bond acceptors (Lipinski definition) is 4. The number of carbonyl (C=O) groups excluding carboxylic acids is 3. The molecule has 7 nitrogen and oxygen atoms in total. The van der Waals surface area contributed by atoms with Gasteiger partial charge >= 0.3 is 5.91 Å². The Morgan fingerprint density at radius 2 is 1.84 bits per heavy atom. The van der Waals surface area contributed by atoms with Gasteiger partial charge in [0.1, 0.15) is 5.82 Å². The van der Waals surface area contributed by atoms with Crippen LogP contribution < -0.4 is 10.6 Å². The topological polar surface area (TPSA) is 106 Å². The summed E-state index contributed by atoms with van der Waals surface area (Å²) in [4.78, 5) is 40.6. The zero-order valence-corrected chi connectivity index (χ0v) is 19.3. The van der Waals surface area contributed by atoms with Gasteiger partial charge in [-0.05, 0) is 68.9 Å². The molecule has 0 atom stereocenters. The summed E-state index contributed by atoms with van der Waals surface area (Å²) in [6.07, 6.45) is -0.00539. The summed E-state index contributed by atoms with van der Waals surface area (Å²) in [6.45, 7) is 8.73. The molecule has 1 fully saturated rings. The largest absolute Gasteiger partial charge is 0.393 e. The molecule has 0 aliphatic heterocycles. The minimum Gasteiger partial charge on any atom is -0.393 e. The Hall–Kier alpha value is -3.00. The lowest BCUT2D eigenvalue weighted by Crippen LogP contribution is -2.61. The SMILES string of the molecule is Cc1cc(N(C(=O)C(=O)c2c(C)c(C(N)=O)c(C(C)C)n2C)C2(C)CC(O)C2)ccc1F. The maximum absolute atomic E-state index is 13.9. The number of carbonyl (C=O) groups is 3. The molecule has 0 spiro atoms. The van der Waals surface area contributed by atoms with E-state index in [4.69, 9.17) is 5.73 Å². The molecule has 0 radical (unpaired) electrons. The lowest BCUT2D eigenvalue weighted by molar-refractivity contribution is -0.117. The maximum atomic E-state index is 13.9. The minimum absolute atomic E-state index is 0.0970. The van der Waals surface area contributed by atoms with Crippen molar-refractivity contribution in [3.63, 3.8) is 0 Å². The first-order chi connectivity index (χ1) is 14.8. The smallest absolute Gasteiger partial charge is 0.301 e. The van der Waals surface area contributed by atoms with Gasteiger partial charge in [0, 0.05) is 18.4 Å². The van der Waals surface area contributed by atoms with Gasteiger partial charge < -0.3 is 15.4 Å². The highest BCUT2D eigenvalue weighted by molar-refractivity contribution is 6.47. The quantitative estimate of drug-likeness (QED) is 0.528. The number of aromatic nitrogens is 1. The lowest BCUT2D eigenvalue weighted by atomic mass is 9.74. The summed E-state index contributed by atoms with van der Waals surface area (Å²) < 4.78 is 15.4. The third-order valence-electron chi connectivity index (χ3n) is 6.38. The number of aliphatic hydroxyl groups excluding tert-OH is 1. The van der Waals surface area contributed by atoms with Crippen LogP contribution in [-0.4, -0.2) is 38.9 Å². The zero-order valence-electron chi connectivity index (χ0n) is 19.3. The summed E-state index contributed by atoms with van der Waals surface area (Å²) in [5.41, 5.74) is 6.78. The van der Waals surface area contributed by atoms with Crippen LogP contribution in [-0.2, 0) is 11.8 Å². The number of amides is 2. The molecular formula is C24H30FN3O4. The third kappa shape index (κ3) is 3.72. The van der Waals surface area contributed by atoms with E-state index >= 15 is 0 Å². The molecule has 1 aromatic heterocycles. The van der Waals surface area contributed by atoms with Crippen molar-refractivity contribution < 1.29 is 23.9 Å². The van der Waals surface area contributed by atoms with E-state index in [1.54, 1.807) is 32.4 Å². The van der Waals surface area contributed by atoms with Crippen molar-refractivity contribution in [3.05, 3.63) is 52.1 Å². The number of ketones is 1. The molecule has 0 bridgehead atoms. The third-order valence-corrected chi connectivity index (χ3v) is 6.38. The minimum atomic E-state index is -0.805. The normalized spacial score (nSPS) is 20.2. The van der Waals surface area contributed by atoms with Gasteiger partial charge in [-0.1, -0.05) is 13.8 Å². The molecule has 0 saturated heterocycles. The first-order valence-corrected chi connectivity index (χ1v) is 10.6. The van der Waals surface area contributed by atoms with Gasteiger partial charge in [-0.25, -0.2) is 4.39 Å². The summed E-state index contributed by atoms with van der Waals surface area (Å²) in [7, 11) is 1.64. The van der Waals surface area contributed by atoms with Crippen LogP contribution in [0.5, 0.6) is 0 Å². The van der Waals surface area contributed by atoms with Crippen molar-refractivity contribution in [1.82, 2.24) is 4.57 Å². The van der Waals surface area contributed by atoms with Crippen molar-refractivity contribution in [1.29, 1.82) is 0 Å². The van der Waals surface area contributed by atoms with Crippen molar-refractivity contribution in [2.24, 2.45) is 12.8 Å². The molecule has 3 rings (SSSR count). The number of aliphatic hydroxyl groups is 1. The summed E-state index contributed by atoms with van der Waals surface area (Å²) in [5.74, 6) is -2.77. The standard InChI is InChI=1S/C24H30FN3O4/c1-12(2)19-18(22(26)31)14(4)20(27(19)6)21(30)23(32)28(24(5)10-16(29)11-24)15-7-8-17(25)13(3)9-15/h7-9,12,16,29H,10-11H2,1-6H3,(H2,26,31). The molecule has 0 unspecified atom stereocenters. The van der Waals surface area contributed by atoms with Crippen LogP contribution in [0.25, 0.3) is 0 Å².